The van der Waals surface area contributed by atoms with Crippen LogP contribution in [0.15, 0.2) is 42.9 Å². The molecule has 2 aromatic heterocycles. The van der Waals surface area contributed by atoms with Gasteiger partial charge in [0.15, 0.2) is 0 Å². The van der Waals surface area contributed by atoms with Gasteiger partial charge in [0.2, 0.25) is 5.91 Å². The van der Waals surface area contributed by atoms with Crippen molar-refractivity contribution in [2.45, 2.75) is 43.9 Å². The fourth-order valence-electron chi connectivity index (χ4n) is 4.30. The monoisotopic (exact) mass is 466 g/mol. The Kier molecular flexibility index (Phi) is 7.09. The molecule has 2 aliphatic rings. The van der Waals surface area contributed by atoms with Gasteiger partial charge in [-0.25, -0.2) is 4.79 Å². The highest BCUT2D eigenvalue weighted by molar-refractivity contribution is 5.93. The van der Waals surface area contributed by atoms with Crippen molar-refractivity contribution in [1.82, 2.24) is 19.4 Å². The number of carbonyl (C=O) groups is 3. The van der Waals surface area contributed by atoms with Crippen LogP contribution in [-0.2, 0) is 23.2 Å². The molecule has 2 fully saturated rings. The van der Waals surface area contributed by atoms with Gasteiger partial charge >= 0.3 is 12.1 Å². The Morgan fingerprint density at radius 3 is 2.33 bits per heavy atom. The fraction of sp³-hybridized carbons (Fsp3) is 0.455. The van der Waals surface area contributed by atoms with Crippen LogP contribution in [0.3, 0.4) is 0 Å². The van der Waals surface area contributed by atoms with E-state index in [2.05, 4.69) is 4.98 Å². The van der Waals surface area contributed by atoms with Crippen molar-refractivity contribution in [1.29, 1.82) is 0 Å². The zero-order valence-corrected chi connectivity index (χ0v) is 18.1. The zero-order chi connectivity index (χ0) is 24.2. The lowest BCUT2D eigenvalue weighted by atomic mass is 9.84. The van der Waals surface area contributed by atoms with E-state index >= 15 is 0 Å². The molecule has 0 atom stereocenters. The first-order valence-corrected chi connectivity index (χ1v) is 10.4. The second-order valence-electron chi connectivity index (χ2n) is 8.16. The molecular weight excluding hydrogens is 441 g/mol. The fourth-order valence-corrected chi connectivity index (χ4v) is 4.30. The summed E-state index contributed by atoms with van der Waals surface area (Å²) >= 11 is 0. The molecule has 0 saturated carbocycles. The molecule has 0 bridgehead atoms. The van der Waals surface area contributed by atoms with Crippen LogP contribution in [0, 0.1) is 0 Å². The van der Waals surface area contributed by atoms with Gasteiger partial charge in [-0.2, -0.15) is 13.2 Å². The molecule has 0 aliphatic carbocycles. The van der Waals surface area contributed by atoms with Crippen molar-refractivity contribution in [3.8, 4) is 0 Å². The van der Waals surface area contributed by atoms with Crippen molar-refractivity contribution in [3.05, 3.63) is 54.1 Å². The van der Waals surface area contributed by atoms with Crippen molar-refractivity contribution in [3.63, 3.8) is 0 Å². The lowest BCUT2D eigenvalue weighted by molar-refractivity contribution is -0.192. The number of carboxylic acids is 1. The van der Waals surface area contributed by atoms with Gasteiger partial charge in [-0.15, -0.1) is 0 Å². The number of aryl methyl sites for hydroxylation is 1. The third-order valence-corrected chi connectivity index (χ3v) is 6.13. The smallest absolute Gasteiger partial charge is 0.475 e. The minimum absolute atomic E-state index is 0.0792. The average Bonchev–Trinajstić information content (AvgIpc) is 3.33. The third kappa shape index (κ3) is 5.52. The van der Waals surface area contributed by atoms with E-state index < -0.39 is 12.1 Å². The topological polar surface area (TPSA) is 95.7 Å². The lowest BCUT2D eigenvalue weighted by Gasteiger charge is -2.45. The van der Waals surface area contributed by atoms with Gasteiger partial charge in [-0.1, -0.05) is 6.07 Å². The van der Waals surface area contributed by atoms with Crippen LogP contribution in [0.25, 0.3) is 0 Å². The molecule has 4 rings (SSSR count). The first-order valence-electron chi connectivity index (χ1n) is 10.4. The molecule has 178 valence electrons. The summed E-state index contributed by atoms with van der Waals surface area (Å²) in [5.41, 5.74) is 1.66. The minimum Gasteiger partial charge on any atom is -0.475 e. The molecule has 2 aliphatic heterocycles. The maximum absolute atomic E-state index is 12.7. The molecule has 1 spiro atoms. The Bertz CT molecular complexity index is 999. The van der Waals surface area contributed by atoms with Gasteiger partial charge in [-0.3, -0.25) is 14.6 Å². The number of halogens is 3. The van der Waals surface area contributed by atoms with E-state index in [0.29, 0.717) is 26.1 Å². The van der Waals surface area contributed by atoms with E-state index in [1.54, 1.807) is 6.20 Å². The number of amides is 2. The Morgan fingerprint density at radius 1 is 1.15 bits per heavy atom. The van der Waals surface area contributed by atoms with Gasteiger partial charge in [0, 0.05) is 57.2 Å². The van der Waals surface area contributed by atoms with Gasteiger partial charge in [-0.05, 0) is 43.0 Å². The largest absolute Gasteiger partial charge is 0.490 e. The minimum atomic E-state index is -5.08. The number of likely N-dealkylation sites (tertiary alicyclic amines) is 2. The maximum atomic E-state index is 12.7. The van der Waals surface area contributed by atoms with Crippen molar-refractivity contribution in [2.75, 3.05) is 13.1 Å². The number of aromatic nitrogens is 2. The summed E-state index contributed by atoms with van der Waals surface area (Å²) in [5, 5.41) is 7.12. The van der Waals surface area contributed by atoms with Crippen molar-refractivity contribution in [2.24, 2.45) is 7.05 Å². The summed E-state index contributed by atoms with van der Waals surface area (Å²) in [6.07, 6.45) is 3.56. The van der Waals surface area contributed by atoms with Gasteiger partial charge in [0.05, 0.1) is 0 Å². The van der Waals surface area contributed by atoms with Crippen LogP contribution in [-0.4, -0.2) is 67.0 Å². The molecule has 2 aromatic rings. The number of alkyl halides is 3. The predicted octanol–water partition coefficient (Wildman–Crippen LogP) is 2.85. The van der Waals surface area contributed by atoms with E-state index in [9.17, 15) is 22.8 Å². The Morgan fingerprint density at radius 2 is 1.82 bits per heavy atom. The van der Waals surface area contributed by atoms with Crippen LogP contribution in [0.4, 0.5) is 13.2 Å². The van der Waals surface area contributed by atoms with Crippen LogP contribution in [0.1, 0.15) is 41.7 Å². The highest BCUT2D eigenvalue weighted by atomic mass is 19.4. The number of nitrogens with zero attached hydrogens (tertiary/aromatic N) is 4. The number of rotatable bonds is 3. The molecule has 1 N–H and O–H groups in total. The highest BCUT2D eigenvalue weighted by Crippen LogP contribution is 2.40. The molecule has 8 nitrogen and oxygen atoms in total. The van der Waals surface area contributed by atoms with E-state index in [-0.39, 0.29) is 17.4 Å². The van der Waals surface area contributed by atoms with Crippen LogP contribution < -0.4 is 0 Å². The number of carboxylic acid groups (broad SMARTS) is 1. The number of aliphatic carboxylic acids is 1. The quantitative estimate of drug-likeness (QED) is 0.751. The molecular formula is C22H25F3N4O4. The number of hydrogen-bond donors (Lipinski definition) is 1. The molecule has 0 aromatic carbocycles. The third-order valence-electron chi connectivity index (χ3n) is 6.13. The SMILES string of the molecule is Cn1cccc1C(=O)N1CCC2(CCC(=O)N2Cc2cccnc2)CC1.O=C(O)C(F)(F)F. The Hall–Kier alpha value is -3.37. The predicted molar refractivity (Wildman–Crippen MR) is 111 cm³/mol. The highest BCUT2D eigenvalue weighted by Gasteiger charge is 2.47. The van der Waals surface area contributed by atoms with Gasteiger partial charge in [0.1, 0.15) is 5.69 Å². The van der Waals surface area contributed by atoms with E-state index in [4.69, 9.17) is 9.90 Å². The standard InChI is InChI=1S/C20H24N4O2.C2HF3O2/c1-22-11-3-5-17(22)19(26)23-12-8-20(9-13-23)7-6-18(25)24(20)15-16-4-2-10-21-14-16;3-2(4,5)1(6)7/h2-5,10-11,14H,6-9,12-13,15H2,1H3;(H,6,7). The summed E-state index contributed by atoms with van der Waals surface area (Å²) in [4.78, 5) is 42.3. The van der Waals surface area contributed by atoms with Crippen molar-refractivity contribution < 1.29 is 32.7 Å². The molecule has 2 saturated heterocycles. The Labute approximate surface area is 188 Å². The molecule has 0 radical (unpaired) electrons. The van der Waals surface area contributed by atoms with E-state index in [1.165, 1.54) is 0 Å². The summed E-state index contributed by atoms with van der Waals surface area (Å²) in [5.74, 6) is -2.46. The summed E-state index contributed by atoms with van der Waals surface area (Å²) < 4.78 is 33.6. The number of pyridine rings is 1. The summed E-state index contributed by atoms with van der Waals surface area (Å²) in [6.45, 7) is 2.00. The zero-order valence-electron chi connectivity index (χ0n) is 18.1. The van der Waals surface area contributed by atoms with Gasteiger partial charge in [0.25, 0.3) is 5.91 Å². The number of carbonyl (C=O) groups excluding carboxylic acids is 2. The number of piperidine rings is 1. The Balaban J connectivity index is 0.000000383. The normalized spacial score (nSPS) is 17.6. The number of hydrogen-bond acceptors (Lipinski definition) is 4. The van der Waals surface area contributed by atoms with E-state index in [1.807, 2.05) is 58.1 Å². The van der Waals surface area contributed by atoms with Gasteiger partial charge < -0.3 is 19.5 Å². The average molecular weight is 466 g/mol. The first-order chi connectivity index (χ1) is 15.5. The van der Waals surface area contributed by atoms with Crippen LogP contribution in [0.5, 0.6) is 0 Å². The molecule has 2 amide bonds. The van der Waals surface area contributed by atoms with Crippen LogP contribution >= 0.6 is 0 Å². The maximum Gasteiger partial charge on any atom is 0.490 e. The second-order valence-corrected chi connectivity index (χ2v) is 8.16. The first kappa shape index (κ1) is 24.3. The summed E-state index contributed by atoms with van der Waals surface area (Å²) in [7, 11) is 1.89. The second kappa shape index (κ2) is 9.63. The molecule has 11 heteroatoms. The molecule has 4 heterocycles. The van der Waals surface area contributed by atoms with E-state index in [0.717, 1.165) is 30.5 Å². The van der Waals surface area contributed by atoms with Crippen molar-refractivity contribution >= 4 is 17.8 Å². The lowest BCUT2D eigenvalue weighted by Crippen LogP contribution is -2.54. The molecule has 0 unspecified atom stereocenters. The van der Waals surface area contributed by atoms with Crippen LogP contribution in [0.2, 0.25) is 0 Å². The summed E-state index contributed by atoms with van der Waals surface area (Å²) in [6, 6.07) is 7.68. The molecule has 33 heavy (non-hydrogen) atoms.